The van der Waals surface area contributed by atoms with Crippen LogP contribution in [-0.2, 0) is 10.0 Å². The molecule has 1 aliphatic heterocycles. The van der Waals surface area contributed by atoms with Gasteiger partial charge in [0.05, 0.1) is 16.5 Å². The molecule has 1 saturated heterocycles. The number of amides is 1. The minimum absolute atomic E-state index is 0.228. The molecule has 1 fully saturated rings. The summed E-state index contributed by atoms with van der Waals surface area (Å²) in [5, 5.41) is 3.10. The summed E-state index contributed by atoms with van der Waals surface area (Å²) in [4.78, 5) is 12.6. The lowest BCUT2D eigenvalue weighted by Crippen LogP contribution is -2.27. The van der Waals surface area contributed by atoms with E-state index < -0.39 is 10.0 Å². The van der Waals surface area contributed by atoms with Crippen LogP contribution >= 0.6 is 11.6 Å². The van der Waals surface area contributed by atoms with Gasteiger partial charge >= 0.3 is 0 Å². The number of hydrogen-bond acceptors (Lipinski definition) is 4. The van der Waals surface area contributed by atoms with E-state index in [1.165, 1.54) is 22.5 Å². The van der Waals surface area contributed by atoms with Crippen LogP contribution in [0.15, 0.2) is 47.4 Å². The van der Waals surface area contributed by atoms with Crippen LogP contribution in [0.3, 0.4) is 0 Å². The summed E-state index contributed by atoms with van der Waals surface area (Å²) < 4.78 is 31.9. The van der Waals surface area contributed by atoms with E-state index in [4.69, 9.17) is 16.3 Å². The van der Waals surface area contributed by atoms with Crippen molar-refractivity contribution in [2.75, 3.05) is 25.0 Å². The van der Waals surface area contributed by atoms with Crippen LogP contribution in [0.1, 0.15) is 30.1 Å². The smallest absolute Gasteiger partial charge is 0.255 e. The number of carbonyl (C=O) groups is 1. The Hall–Kier alpha value is -2.09. The Labute approximate surface area is 164 Å². The van der Waals surface area contributed by atoms with E-state index in [1.54, 1.807) is 24.3 Å². The molecule has 6 nitrogen and oxygen atoms in total. The first-order valence-corrected chi connectivity index (χ1v) is 10.6. The number of anilines is 1. The van der Waals surface area contributed by atoms with Crippen molar-refractivity contribution in [3.8, 4) is 5.75 Å². The molecule has 2 aromatic rings. The molecule has 0 radical (unpaired) electrons. The number of rotatable bonds is 6. The monoisotopic (exact) mass is 408 g/mol. The molecule has 0 unspecified atom stereocenters. The number of ether oxygens (including phenoxy) is 1. The highest BCUT2D eigenvalue weighted by molar-refractivity contribution is 7.89. The van der Waals surface area contributed by atoms with Gasteiger partial charge in [-0.15, -0.1) is 0 Å². The zero-order valence-corrected chi connectivity index (χ0v) is 16.5. The summed E-state index contributed by atoms with van der Waals surface area (Å²) in [7, 11) is -3.46. The van der Waals surface area contributed by atoms with Gasteiger partial charge in [-0.05, 0) is 62.2 Å². The molecule has 0 aromatic heterocycles. The Morgan fingerprint density at radius 3 is 2.41 bits per heavy atom. The minimum atomic E-state index is -3.46. The van der Waals surface area contributed by atoms with E-state index in [0.717, 1.165) is 12.8 Å². The number of carbonyl (C=O) groups excluding carboxylic acids is 1. The van der Waals surface area contributed by atoms with E-state index in [0.29, 0.717) is 41.7 Å². The van der Waals surface area contributed by atoms with Crippen molar-refractivity contribution in [3.05, 3.63) is 53.1 Å². The van der Waals surface area contributed by atoms with Gasteiger partial charge in [-0.25, -0.2) is 8.42 Å². The molecular formula is C19H21ClN2O4S. The van der Waals surface area contributed by atoms with Crippen LogP contribution in [0.25, 0.3) is 0 Å². The van der Waals surface area contributed by atoms with Crippen LogP contribution in [0.4, 0.5) is 5.69 Å². The maximum Gasteiger partial charge on any atom is 0.255 e. The molecule has 0 aliphatic carbocycles. The third-order valence-electron chi connectivity index (χ3n) is 4.31. The number of nitrogens with one attached hydrogen (secondary N) is 1. The predicted octanol–water partition coefficient (Wildman–Crippen LogP) is 3.78. The largest absolute Gasteiger partial charge is 0.492 e. The molecule has 27 heavy (non-hydrogen) atoms. The predicted molar refractivity (Wildman–Crippen MR) is 105 cm³/mol. The van der Waals surface area contributed by atoms with Crippen LogP contribution in [0.2, 0.25) is 5.02 Å². The molecular weight excluding hydrogens is 388 g/mol. The van der Waals surface area contributed by atoms with Crippen LogP contribution < -0.4 is 10.1 Å². The van der Waals surface area contributed by atoms with Crippen LogP contribution in [-0.4, -0.2) is 38.3 Å². The minimum Gasteiger partial charge on any atom is -0.492 e. The average Bonchev–Trinajstić information content (AvgIpc) is 3.19. The highest BCUT2D eigenvalue weighted by atomic mass is 35.5. The Kier molecular flexibility index (Phi) is 6.04. The maximum absolute atomic E-state index is 12.5. The number of benzene rings is 2. The fourth-order valence-electron chi connectivity index (χ4n) is 2.91. The van der Waals surface area contributed by atoms with Crippen molar-refractivity contribution in [3.63, 3.8) is 0 Å². The third-order valence-corrected chi connectivity index (χ3v) is 6.52. The van der Waals surface area contributed by atoms with Gasteiger partial charge in [0.2, 0.25) is 10.0 Å². The normalized spacial score (nSPS) is 14.9. The fourth-order valence-corrected chi connectivity index (χ4v) is 4.66. The first kappa shape index (κ1) is 19.7. The summed E-state index contributed by atoms with van der Waals surface area (Å²) >= 11 is 6.11. The van der Waals surface area contributed by atoms with E-state index in [2.05, 4.69) is 5.32 Å². The van der Waals surface area contributed by atoms with Crippen LogP contribution in [0, 0.1) is 0 Å². The Morgan fingerprint density at radius 2 is 1.81 bits per heavy atom. The quantitative estimate of drug-likeness (QED) is 0.789. The molecule has 3 rings (SSSR count). The fraction of sp³-hybridized carbons (Fsp3) is 0.316. The zero-order chi connectivity index (χ0) is 19.4. The van der Waals surface area contributed by atoms with Gasteiger partial charge in [-0.1, -0.05) is 11.6 Å². The van der Waals surface area contributed by atoms with Gasteiger partial charge in [-0.3, -0.25) is 4.79 Å². The second kappa shape index (κ2) is 8.29. The number of halogens is 1. The van der Waals surface area contributed by atoms with Crippen molar-refractivity contribution in [2.24, 2.45) is 0 Å². The van der Waals surface area contributed by atoms with E-state index in [1.807, 2.05) is 6.92 Å². The van der Waals surface area contributed by atoms with Gasteiger partial charge in [0.25, 0.3) is 5.91 Å². The number of nitrogens with zero attached hydrogens (tertiary/aromatic N) is 1. The molecule has 1 N–H and O–H groups in total. The third kappa shape index (κ3) is 4.43. The Morgan fingerprint density at radius 1 is 1.15 bits per heavy atom. The standard InChI is InChI=1S/C19H21ClN2O4S/c1-2-26-18-10-5-14(13-17(18)20)19(23)21-15-6-8-16(9-7-15)27(24,25)22-11-3-4-12-22/h5-10,13H,2-4,11-12H2,1H3,(H,21,23). The van der Waals surface area contributed by atoms with Crippen molar-refractivity contribution in [1.29, 1.82) is 0 Å². The molecule has 0 saturated carbocycles. The average molecular weight is 409 g/mol. The summed E-state index contributed by atoms with van der Waals surface area (Å²) in [6, 6.07) is 11.0. The summed E-state index contributed by atoms with van der Waals surface area (Å²) in [5.41, 5.74) is 0.891. The molecule has 8 heteroatoms. The summed E-state index contributed by atoms with van der Waals surface area (Å²) in [5.74, 6) is 0.183. The molecule has 0 atom stereocenters. The maximum atomic E-state index is 12.5. The molecule has 2 aromatic carbocycles. The Balaban J connectivity index is 1.71. The SMILES string of the molecule is CCOc1ccc(C(=O)Nc2ccc(S(=O)(=O)N3CCCC3)cc2)cc1Cl. The molecule has 1 aliphatic rings. The lowest BCUT2D eigenvalue weighted by Gasteiger charge is -2.15. The second-order valence-corrected chi connectivity index (χ2v) is 8.51. The topological polar surface area (TPSA) is 75.7 Å². The first-order chi connectivity index (χ1) is 12.9. The van der Waals surface area contributed by atoms with E-state index >= 15 is 0 Å². The van der Waals surface area contributed by atoms with Gasteiger partial charge in [0.1, 0.15) is 5.75 Å². The Bertz CT molecular complexity index is 923. The molecule has 1 heterocycles. The second-order valence-electron chi connectivity index (χ2n) is 6.17. The zero-order valence-electron chi connectivity index (χ0n) is 14.9. The lowest BCUT2D eigenvalue weighted by atomic mass is 10.2. The molecule has 1 amide bonds. The van der Waals surface area contributed by atoms with Gasteiger partial charge in [-0.2, -0.15) is 4.31 Å². The molecule has 0 spiro atoms. The first-order valence-electron chi connectivity index (χ1n) is 8.75. The van der Waals surface area contributed by atoms with Gasteiger partial charge in [0, 0.05) is 24.3 Å². The highest BCUT2D eigenvalue weighted by Crippen LogP contribution is 2.26. The highest BCUT2D eigenvalue weighted by Gasteiger charge is 2.26. The lowest BCUT2D eigenvalue weighted by molar-refractivity contribution is 0.102. The van der Waals surface area contributed by atoms with Crippen molar-refractivity contribution < 1.29 is 17.9 Å². The van der Waals surface area contributed by atoms with Crippen molar-refractivity contribution in [2.45, 2.75) is 24.7 Å². The van der Waals surface area contributed by atoms with E-state index in [9.17, 15) is 13.2 Å². The van der Waals surface area contributed by atoms with Gasteiger partial charge < -0.3 is 10.1 Å². The van der Waals surface area contributed by atoms with Gasteiger partial charge in [0.15, 0.2) is 0 Å². The van der Waals surface area contributed by atoms with E-state index in [-0.39, 0.29) is 10.8 Å². The molecule has 144 valence electrons. The van der Waals surface area contributed by atoms with Crippen LogP contribution in [0.5, 0.6) is 5.75 Å². The summed E-state index contributed by atoms with van der Waals surface area (Å²) in [6.45, 7) is 3.45. The number of hydrogen-bond donors (Lipinski definition) is 1. The van der Waals surface area contributed by atoms with Crippen molar-refractivity contribution in [1.82, 2.24) is 4.31 Å². The summed E-state index contributed by atoms with van der Waals surface area (Å²) in [6.07, 6.45) is 1.77. The van der Waals surface area contributed by atoms with Crippen molar-refractivity contribution >= 4 is 33.2 Å². The molecule has 0 bridgehead atoms. The number of sulfonamides is 1.